The predicted molar refractivity (Wildman–Crippen MR) is 75.3 cm³/mol. The van der Waals surface area contributed by atoms with Gasteiger partial charge < -0.3 is 24.8 Å². The number of carbonyl (C=O) groups is 1. The fraction of sp³-hybridized carbons (Fsp3) is 0.333. The fourth-order valence-corrected chi connectivity index (χ4v) is 1.38. The molecule has 0 N–H and O–H groups in total. The van der Waals surface area contributed by atoms with Crippen LogP contribution in [0.3, 0.4) is 0 Å². The summed E-state index contributed by atoms with van der Waals surface area (Å²) >= 11 is 5.73. The molecule has 0 saturated carbocycles. The number of halogens is 3. The number of nitrogens with zero attached hydrogens (tertiary/aromatic N) is 2. The molecule has 1 rings (SSSR count). The van der Waals surface area contributed by atoms with Crippen LogP contribution in [0.5, 0.6) is 0 Å². The smallest absolute Gasteiger partial charge is 1.00 e. The Bertz CT molecular complexity index is 405. The first-order chi connectivity index (χ1) is 8.15. The third-order valence-electron chi connectivity index (χ3n) is 2.10. The van der Waals surface area contributed by atoms with E-state index in [0.29, 0.717) is 11.6 Å². The van der Waals surface area contributed by atoms with Gasteiger partial charge >= 0.3 is 43.8 Å². The van der Waals surface area contributed by atoms with Crippen LogP contribution in [0.2, 0.25) is 0 Å². The zero-order chi connectivity index (χ0) is 12.7. The molecule has 108 valence electrons. The van der Waals surface area contributed by atoms with Gasteiger partial charge in [-0.2, -0.15) is 0 Å². The Balaban J connectivity index is -0.000000963. The number of anilines is 1. The molecular formula is C12H15CaCl3N2O2. The van der Waals surface area contributed by atoms with Gasteiger partial charge in [-0.3, -0.25) is 9.74 Å². The Morgan fingerprint density at radius 2 is 1.85 bits per heavy atom. The monoisotopic (exact) mass is 364 g/mol. The minimum atomic E-state index is -0.564. The maximum atomic E-state index is 11.6. The van der Waals surface area contributed by atoms with E-state index in [1.54, 1.807) is 19.2 Å². The molecule has 0 atom stereocenters. The Hall–Kier alpha value is 0.290. The number of carbonyl (C=O) groups excluding carboxylic acids is 1. The van der Waals surface area contributed by atoms with Gasteiger partial charge in [-0.15, -0.1) is 0 Å². The maximum Gasteiger partial charge on any atom is 2.00 e. The summed E-state index contributed by atoms with van der Waals surface area (Å²) < 4.78 is 0. The third-order valence-corrected chi connectivity index (χ3v) is 2.35. The zero-order valence-corrected chi connectivity index (χ0v) is 15.8. The summed E-state index contributed by atoms with van der Waals surface area (Å²) in [6.07, 6.45) is 0.892. The first kappa shape index (κ1) is 25.3. The topological polar surface area (TPSA) is 41.9 Å². The van der Waals surface area contributed by atoms with Gasteiger partial charge in [0.2, 0.25) is 0 Å². The Morgan fingerprint density at radius 3 is 2.35 bits per heavy atom. The van der Waals surface area contributed by atoms with E-state index in [0.717, 1.165) is 12.1 Å². The number of hydrogen-bond acceptors (Lipinski definition) is 3. The van der Waals surface area contributed by atoms with Crippen molar-refractivity contribution in [1.29, 1.82) is 0 Å². The van der Waals surface area contributed by atoms with Crippen molar-refractivity contribution in [3.05, 3.63) is 30.3 Å². The first-order valence-electron chi connectivity index (χ1n) is 5.37. The molecule has 1 amide bonds. The van der Waals surface area contributed by atoms with Crippen LogP contribution in [0.4, 0.5) is 10.5 Å². The summed E-state index contributed by atoms with van der Waals surface area (Å²) in [6.45, 7) is 1.97. The predicted octanol–water partition coefficient (Wildman–Crippen LogP) is -2.76. The van der Waals surface area contributed by atoms with Crippen LogP contribution in [-0.4, -0.2) is 56.1 Å². The average Bonchev–Trinajstić information content (AvgIpc) is 2.36. The summed E-state index contributed by atoms with van der Waals surface area (Å²) in [6, 6.07) is 9.16. The molecule has 0 bridgehead atoms. The average molecular weight is 366 g/mol. The Morgan fingerprint density at radius 1 is 1.30 bits per heavy atom. The molecule has 0 saturated heterocycles. The Labute approximate surface area is 166 Å². The van der Waals surface area contributed by atoms with Gasteiger partial charge in [-0.1, -0.05) is 41.9 Å². The molecule has 0 aliphatic heterocycles. The summed E-state index contributed by atoms with van der Waals surface area (Å²) in [5.74, 6) is 0. The van der Waals surface area contributed by atoms with Gasteiger partial charge in [-0.05, 0) is 18.6 Å². The molecule has 1 aromatic carbocycles. The molecule has 0 fully saturated rings. The van der Waals surface area contributed by atoms with Crippen LogP contribution >= 0.6 is 11.6 Å². The normalized spacial score (nSPS) is 9.45. The second-order valence-electron chi connectivity index (χ2n) is 3.47. The van der Waals surface area contributed by atoms with Crippen molar-refractivity contribution in [2.45, 2.75) is 19.8 Å². The quantitative estimate of drug-likeness (QED) is 0.251. The molecule has 0 heterocycles. The van der Waals surface area contributed by atoms with Crippen LogP contribution in [0, 0.1) is 0 Å². The van der Waals surface area contributed by atoms with E-state index < -0.39 is 6.09 Å². The van der Waals surface area contributed by atoms with Gasteiger partial charge in [0.25, 0.3) is 0 Å². The van der Waals surface area contributed by atoms with Gasteiger partial charge in [0.15, 0.2) is 0 Å². The van der Waals surface area contributed by atoms with Gasteiger partial charge in [0.05, 0.1) is 0 Å². The number of rotatable bonds is 4. The fourth-order valence-electron chi connectivity index (χ4n) is 1.16. The Kier molecular flexibility index (Phi) is 18.0. The maximum absolute atomic E-state index is 11.6. The minimum absolute atomic E-state index is 0. The van der Waals surface area contributed by atoms with Gasteiger partial charge in [0, 0.05) is 19.2 Å². The molecule has 1 aromatic rings. The second kappa shape index (κ2) is 14.2. The van der Waals surface area contributed by atoms with Crippen molar-refractivity contribution in [1.82, 2.24) is 0 Å². The van der Waals surface area contributed by atoms with Crippen LogP contribution < -0.4 is 29.7 Å². The van der Waals surface area contributed by atoms with Crippen LogP contribution in [0.25, 0.3) is 0 Å². The SMILES string of the molecule is CCC/C(Cl)=N/OC(=O)N(C)c1ccccc1.[Ca+2].[Cl-].[Cl-]. The number of amides is 1. The van der Waals surface area contributed by atoms with Crippen molar-refractivity contribution in [3.63, 3.8) is 0 Å². The van der Waals surface area contributed by atoms with E-state index >= 15 is 0 Å². The number of oxime groups is 1. The third kappa shape index (κ3) is 9.27. The standard InChI is InChI=1S/C12H15ClN2O2.Ca.2ClH/c1-3-7-11(13)14-17-12(16)15(2)10-8-5-4-6-9-10;;;/h4-6,8-9H,3,7H2,1-2H3;;2*1H/q;+2;;/p-2/b14-11-;;;. The van der Waals surface area contributed by atoms with E-state index in [2.05, 4.69) is 5.16 Å². The van der Waals surface area contributed by atoms with E-state index in [-0.39, 0.29) is 62.6 Å². The number of hydrogen-bond donors (Lipinski definition) is 0. The molecule has 4 nitrogen and oxygen atoms in total. The molecular weight excluding hydrogens is 351 g/mol. The van der Waals surface area contributed by atoms with E-state index in [1.807, 2.05) is 25.1 Å². The van der Waals surface area contributed by atoms with Gasteiger partial charge in [-0.25, -0.2) is 4.79 Å². The molecule has 8 heteroatoms. The van der Waals surface area contributed by atoms with E-state index in [9.17, 15) is 4.79 Å². The van der Waals surface area contributed by atoms with Crippen molar-refractivity contribution < 1.29 is 34.4 Å². The molecule has 0 radical (unpaired) electrons. The van der Waals surface area contributed by atoms with Crippen LogP contribution in [0.15, 0.2) is 35.5 Å². The molecule has 0 aliphatic carbocycles. The van der Waals surface area contributed by atoms with Crippen molar-refractivity contribution in [3.8, 4) is 0 Å². The summed E-state index contributed by atoms with van der Waals surface area (Å²) in [7, 11) is 1.61. The minimum Gasteiger partial charge on any atom is -1.00 e. The molecule has 0 aliphatic rings. The molecule has 0 spiro atoms. The van der Waals surface area contributed by atoms with Crippen LogP contribution in [-0.2, 0) is 4.84 Å². The summed E-state index contributed by atoms with van der Waals surface area (Å²) in [4.78, 5) is 17.7. The molecule has 20 heavy (non-hydrogen) atoms. The van der Waals surface area contributed by atoms with Crippen molar-refractivity contribution in [2.24, 2.45) is 5.16 Å². The summed E-state index contributed by atoms with van der Waals surface area (Å²) in [5, 5.41) is 3.85. The van der Waals surface area contributed by atoms with Gasteiger partial charge in [0.1, 0.15) is 5.17 Å². The van der Waals surface area contributed by atoms with Crippen LogP contribution in [0.1, 0.15) is 19.8 Å². The van der Waals surface area contributed by atoms with E-state index in [1.165, 1.54) is 4.90 Å². The molecule has 0 aromatic heterocycles. The number of benzene rings is 1. The number of para-hydroxylation sites is 1. The van der Waals surface area contributed by atoms with Crippen molar-refractivity contribution in [2.75, 3.05) is 11.9 Å². The van der Waals surface area contributed by atoms with Crippen molar-refractivity contribution >= 4 is 66.3 Å². The summed E-state index contributed by atoms with van der Waals surface area (Å²) in [5.41, 5.74) is 0.735. The molecule has 0 unspecified atom stereocenters. The van der Waals surface area contributed by atoms with E-state index in [4.69, 9.17) is 16.4 Å². The second-order valence-corrected chi connectivity index (χ2v) is 3.91. The zero-order valence-electron chi connectivity index (χ0n) is 11.4. The first-order valence-corrected chi connectivity index (χ1v) is 5.75. The largest absolute Gasteiger partial charge is 2.00 e.